The Morgan fingerprint density at radius 3 is 2.22 bits per heavy atom. The van der Waals surface area contributed by atoms with Crippen LogP contribution in [0.1, 0.15) is 60.4 Å². The third-order valence-corrected chi connectivity index (χ3v) is 7.11. The average molecular weight is 384 g/mol. The minimum Gasteiger partial charge on any atom is -0.345 e. The van der Waals surface area contributed by atoms with Gasteiger partial charge in [0.2, 0.25) is 5.95 Å². The molecule has 0 spiro atoms. The van der Waals surface area contributed by atoms with Gasteiger partial charge in [-0.2, -0.15) is 0 Å². The van der Waals surface area contributed by atoms with Crippen molar-refractivity contribution in [2.75, 3.05) is 5.32 Å². The molecular formula is C20H25N5OS. The Morgan fingerprint density at radius 2 is 1.63 bits per heavy atom. The molecule has 2 aromatic rings. The molecule has 6 rings (SSSR count). The van der Waals surface area contributed by atoms with Crippen LogP contribution in [0.25, 0.3) is 0 Å². The first-order valence-electron chi connectivity index (χ1n) is 9.84. The van der Waals surface area contributed by atoms with Crippen LogP contribution >= 0.6 is 11.3 Å². The van der Waals surface area contributed by atoms with E-state index in [2.05, 4.69) is 25.6 Å². The highest BCUT2D eigenvalue weighted by molar-refractivity contribution is 7.14. The number of nitrogens with zero attached hydrogens (tertiary/aromatic N) is 3. The second kappa shape index (κ2) is 6.26. The van der Waals surface area contributed by atoms with Crippen molar-refractivity contribution in [1.82, 2.24) is 20.3 Å². The quantitative estimate of drug-likeness (QED) is 0.834. The lowest BCUT2D eigenvalue weighted by Gasteiger charge is -2.56. The van der Waals surface area contributed by atoms with Crippen LogP contribution in [0.4, 0.5) is 11.1 Å². The number of aromatic nitrogens is 3. The molecule has 0 aromatic carbocycles. The predicted molar refractivity (Wildman–Crippen MR) is 105 cm³/mol. The predicted octanol–water partition coefficient (Wildman–Crippen LogP) is 3.99. The largest absolute Gasteiger partial charge is 0.345 e. The van der Waals surface area contributed by atoms with Gasteiger partial charge in [-0.1, -0.05) is 0 Å². The van der Waals surface area contributed by atoms with Crippen LogP contribution in [-0.4, -0.2) is 26.4 Å². The molecule has 0 aliphatic heterocycles. The van der Waals surface area contributed by atoms with Crippen molar-refractivity contribution in [3.05, 3.63) is 28.5 Å². The summed E-state index contributed by atoms with van der Waals surface area (Å²) in [6.07, 6.45) is 7.56. The molecule has 4 aliphatic carbocycles. The zero-order valence-corrected chi connectivity index (χ0v) is 16.6. The van der Waals surface area contributed by atoms with Crippen LogP contribution in [0.15, 0.2) is 11.4 Å². The zero-order chi connectivity index (χ0) is 18.6. The first-order valence-corrected chi connectivity index (χ1v) is 10.7. The number of carbonyl (C=O) groups is 1. The summed E-state index contributed by atoms with van der Waals surface area (Å²) in [6, 6.07) is 1.93. The number of hydrogen-bond acceptors (Lipinski definition) is 6. The number of thiazole rings is 1. The summed E-state index contributed by atoms with van der Waals surface area (Å²) in [6.45, 7) is 3.87. The van der Waals surface area contributed by atoms with Crippen LogP contribution < -0.4 is 10.6 Å². The van der Waals surface area contributed by atoms with E-state index in [-0.39, 0.29) is 11.4 Å². The minimum atomic E-state index is -0.0393. The molecular weight excluding hydrogens is 358 g/mol. The van der Waals surface area contributed by atoms with Crippen LogP contribution in [-0.2, 0) is 0 Å². The van der Waals surface area contributed by atoms with E-state index in [1.807, 2.05) is 25.3 Å². The average Bonchev–Trinajstić information content (AvgIpc) is 3.00. The Morgan fingerprint density at radius 1 is 1.04 bits per heavy atom. The lowest BCUT2D eigenvalue weighted by Crippen LogP contribution is -2.59. The molecule has 6 nitrogen and oxygen atoms in total. The summed E-state index contributed by atoms with van der Waals surface area (Å²) < 4.78 is 0. The van der Waals surface area contributed by atoms with Gasteiger partial charge in [0.15, 0.2) is 5.13 Å². The molecule has 142 valence electrons. The molecule has 27 heavy (non-hydrogen) atoms. The molecule has 4 saturated carbocycles. The van der Waals surface area contributed by atoms with Crippen LogP contribution in [0.5, 0.6) is 0 Å². The highest BCUT2D eigenvalue weighted by Gasteiger charge is 2.51. The van der Waals surface area contributed by atoms with Crippen molar-refractivity contribution in [1.29, 1.82) is 0 Å². The Hall–Kier alpha value is -2.02. The zero-order valence-electron chi connectivity index (χ0n) is 15.8. The molecule has 4 fully saturated rings. The smallest absolute Gasteiger partial charge is 0.271 e. The second-order valence-corrected chi connectivity index (χ2v) is 9.65. The van der Waals surface area contributed by atoms with Crippen molar-refractivity contribution in [2.24, 2.45) is 17.8 Å². The summed E-state index contributed by atoms with van der Waals surface area (Å²) in [4.78, 5) is 26.1. The van der Waals surface area contributed by atoms with E-state index in [4.69, 9.17) is 0 Å². The molecule has 2 N–H and O–H groups in total. The van der Waals surface area contributed by atoms with Gasteiger partial charge in [0.25, 0.3) is 5.91 Å². The molecule has 4 aliphatic rings. The number of nitrogens with one attached hydrogen (secondary N) is 2. The number of rotatable bonds is 4. The summed E-state index contributed by atoms with van der Waals surface area (Å²) in [7, 11) is 0. The fraction of sp³-hybridized carbons (Fsp3) is 0.600. The summed E-state index contributed by atoms with van der Waals surface area (Å²) in [5.41, 5.74) is 2.31. The van der Waals surface area contributed by atoms with Gasteiger partial charge in [-0.15, -0.1) is 11.3 Å². The van der Waals surface area contributed by atoms with E-state index in [9.17, 15) is 4.79 Å². The van der Waals surface area contributed by atoms with Crippen molar-refractivity contribution in [3.63, 3.8) is 0 Å². The first kappa shape index (κ1) is 17.1. The molecule has 0 unspecified atom stereocenters. The molecule has 7 heteroatoms. The maximum Gasteiger partial charge on any atom is 0.271 e. The standard InChI is InChI=1S/C20H25N5OS/c1-11-3-12(2)22-18(21-11)24-19-23-16(10-27-19)17(26)25-20-7-13-4-14(8-20)6-15(5-13)9-20/h3,10,13-15H,4-9H2,1-2H3,(H,25,26)(H,21,22,23,24). The first-order chi connectivity index (χ1) is 13.0. The van der Waals surface area contributed by atoms with Gasteiger partial charge >= 0.3 is 0 Å². The van der Waals surface area contributed by atoms with Crippen molar-refractivity contribution < 1.29 is 4.79 Å². The number of carbonyl (C=O) groups excluding carboxylic acids is 1. The van der Waals surface area contributed by atoms with E-state index in [0.717, 1.165) is 48.4 Å². The van der Waals surface area contributed by atoms with Crippen LogP contribution in [0.3, 0.4) is 0 Å². The Kier molecular flexibility index (Phi) is 3.96. The SMILES string of the molecule is Cc1cc(C)nc(Nc2nc(C(=O)NC34CC5CC(CC(C5)C3)C4)cs2)n1. The highest BCUT2D eigenvalue weighted by Crippen LogP contribution is 2.55. The third kappa shape index (κ3) is 3.33. The molecule has 0 atom stereocenters. The molecule has 2 heterocycles. The van der Waals surface area contributed by atoms with Gasteiger partial charge in [-0.3, -0.25) is 4.79 Å². The van der Waals surface area contributed by atoms with Gasteiger partial charge < -0.3 is 10.6 Å². The Balaban J connectivity index is 1.29. The number of hydrogen-bond donors (Lipinski definition) is 2. The van der Waals surface area contributed by atoms with Crippen LogP contribution in [0, 0.1) is 31.6 Å². The van der Waals surface area contributed by atoms with E-state index in [1.54, 1.807) is 0 Å². The van der Waals surface area contributed by atoms with Crippen molar-refractivity contribution >= 4 is 28.3 Å². The lowest BCUT2D eigenvalue weighted by atomic mass is 9.53. The third-order valence-electron chi connectivity index (χ3n) is 6.35. The molecule has 4 bridgehead atoms. The van der Waals surface area contributed by atoms with E-state index < -0.39 is 0 Å². The molecule has 1 amide bonds. The topological polar surface area (TPSA) is 79.8 Å². The summed E-state index contributed by atoms with van der Waals surface area (Å²) in [5.74, 6) is 2.92. The Labute approximate surface area is 163 Å². The summed E-state index contributed by atoms with van der Waals surface area (Å²) >= 11 is 1.41. The second-order valence-electron chi connectivity index (χ2n) is 8.79. The molecule has 0 radical (unpaired) electrons. The molecule has 2 aromatic heterocycles. The van der Waals surface area contributed by atoms with Gasteiger partial charge in [-0.25, -0.2) is 15.0 Å². The van der Waals surface area contributed by atoms with Crippen molar-refractivity contribution in [3.8, 4) is 0 Å². The van der Waals surface area contributed by atoms with E-state index in [1.165, 1.54) is 30.6 Å². The van der Waals surface area contributed by atoms with Gasteiger partial charge in [0.1, 0.15) is 5.69 Å². The van der Waals surface area contributed by atoms with Crippen LogP contribution in [0.2, 0.25) is 0 Å². The summed E-state index contributed by atoms with van der Waals surface area (Å²) in [5, 5.41) is 8.98. The van der Waals surface area contributed by atoms with Crippen molar-refractivity contribution in [2.45, 2.75) is 57.9 Å². The fourth-order valence-electron chi connectivity index (χ4n) is 5.88. The van der Waals surface area contributed by atoms with E-state index in [0.29, 0.717) is 16.8 Å². The van der Waals surface area contributed by atoms with Gasteiger partial charge in [0, 0.05) is 22.3 Å². The number of anilines is 2. The normalized spacial score (nSPS) is 31.1. The minimum absolute atomic E-state index is 0.0137. The highest BCUT2D eigenvalue weighted by atomic mass is 32.1. The Bertz CT molecular complexity index is 837. The van der Waals surface area contributed by atoms with E-state index >= 15 is 0 Å². The number of amides is 1. The molecule has 0 saturated heterocycles. The lowest BCUT2D eigenvalue weighted by molar-refractivity contribution is -0.0167. The fourth-order valence-corrected chi connectivity index (χ4v) is 6.57. The maximum atomic E-state index is 12.9. The maximum absolute atomic E-state index is 12.9. The monoisotopic (exact) mass is 383 g/mol. The number of aryl methyl sites for hydroxylation is 2. The van der Waals surface area contributed by atoms with Gasteiger partial charge in [-0.05, 0) is 76.2 Å². The van der Waals surface area contributed by atoms with Gasteiger partial charge in [0.05, 0.1) is 0 Å².